The first-order chi connectivity index (χ1) is 11.1. The lowest BCUT2D eigenvalue weighted by atomic mass is 10.1. The standard InChI is InChI=1S/C18H14N2O3/c1-12-2-4-13(5-3-12)15-10-19-18(20-11-15)23-16-8-6-14(7-9-16)17(21)22/h2-11H,1H3,(H,21,22). The third kappa shape index (κ3) is 3.52. The Morgan fingerprint density at radius 3 is 2.09 bits per heavy atom. The quantitative estimate of drug-likeness (QED) is 0.790. The van der Waals surface area contributed by atoms with E-state index in [4.69, 9.17) is 9.84 Å². The summed E-state index contributed by atoms with van der Waals surface area (Å²) in [6.45, 7) is 2.03. The summed E-state index contributed by atoms with van der Waals surface area (Å²) in [7, 11) is 0. The Bertz CT molecular complexity index is 810. The summed E-state index contributed by atoms with van der Waals surface area (Å²) in [6.07, 6.45) is 3.39. The lowest BCUT2D eigenvalue weighted by Crippen LogP contribution is -1.96. The molecule has 0 saturated heterocycles. The van der Waals surface area contributed by atoms with Gasteiger partial charge in [0.2, 0.25) is 0 Å². The molecule has 1 aromatic heterocycles. The number of rotatable bonds is 4. The number of benzene rings is 2. The van der Waals surface area contributed by atoms with E-state index in [1.165, 1.54) is 17.7 Å². The largest absolute Gasteiger partial charge is 0.478 e. The molecule has 2 aromatic carbocycles. The topological polar surface area (TPSA) is 72.3 Å². The molecule has 0 saturated carbocycles. The lowest BCUT2D eigenvalue weighted by Gasteiger charge is -2.05. The monoisotopic (exact) mass is 306 g/mol. The first kappa shape index (κ1) is 14.7. The molecule has 5 nitrogen and oxygen atoms in total. The predicted molar refractivity (Wildman–Crippen MR) is 85.7 cm³/mol. The van der Waals surface area contributed by atoms with Crippen LogP contribution >= 0.6 is 0 Å². The van der Waals surface area contributed by atoms with Crippen LogP contribution in [0.25, 0.3) is 11.1 Å². The predicted octanol–water partition coefficient (Wildman–Crippen LogP) is 3.94. The molecule has 0 aliphatic carbocycles. The number of carboxylic acid groups (broad SMARTS) is 1. The molecule has 0 fully saturated rings. The third-order valence-electron chi connectivity index (χ3n) is 3.32. The average molecular weight is 306 g/mol. The highest BCUT2D eigenvalue weighted by molar-refractivity contribution is 5.87. The second kappa shape index (κ2) is 6.27. The average Bonchev–Trinajstić information content (AvgIpc) is 2.57. The van der Waals surface area contributed by atoms with Crippen molar-refractivity contribution < 1.29 is 14.6 Å². The highest BCUT2D eigenvalue weighted by Gasteiger charge is 2.05. The van der Waals surface area contributed by atoms with Crippen LogP contribution in [-0.2, 0) is 0 Å². The molecule has 1 N–H and O–H groups in total. The lowest BCUT2D eigenvalue weighted by molar-refractivity contribution is 0.0697. The normalized spacial score (nSPS) is 10.3. The van der Waals surface area contributed by atoms with Gasteiger partial charge in [0, 0.05) is 18.0 Å². The van der Waals surface area contributed by atoms with Crippen LogP contribution in [0.15, 0.2) is 60.9 Å². The van der Waals surface area contributed by atoms with Gasteiger partial charge in [-0.1, -0.05) is 29.8 Å². The van der Waals surface area contributed by atoms with Gasteiger partial charge in [-0.3, -0.25) is 0 Å². The van der Waals surface area contributed by atoms with Crippen molar-refractivity contribution >= 4 is 5.97 Å². The van der Waals surface area contributed by atoms with E-state index in [0.29, 0.717) is 5.75 Å². The summed E-state index contributed by atoms with van der Waals surface area (Å²) in [6, 6.07) is 14.4. The summed E-state index contributed by atoms with van der Waals surface area (Å²) < 4.78 is 5.51. The van der Waals surface area contributed by atoms with E-state index in [-0.39, 0.29) is 11.6 Å². The molecule has 0 bridgehead atoms. The first-order valence-corrected chi connectivity index (χ1v) is 7.02. The van der Waals surface area contributed by atoms with Crippen LogP contribution in [0, 0.1) is 6.92 Å². The van der Waals surface area contributed by atoms with Crippen molar-refractivity contribution in [3.63, 3.8) is 0 Å². The molecular formula is C18H14N2O3. The van der Waals surface area contributed by atoms with Crippen LogP contribution in [0.2, 0.25) is 0 Å². The fourth-order valence-electron chi connectivity index (χ4n) is 2.03. The fourth-order valence-corrected chi connectivity index (χ4v) is 2.03. The number of carbonyl (C=O) groups is 1. The summed E-state index contributed by atoms with van der Waals surface area (Å²) in [5.41, 5.74) is 3.33. The fraction of sp³-hybridized carbons (Fsp3) is 0.0556. The van der Waals surface area contributed by atoms with Crippen LogP contribution in [0.3, 0.4) is 0 Å². The van der Waals surface area contributed by atoms with Gasteiger partial charge >= 0.3 is 12.0 Å². The Balaban J connectivity index is 1.74. The molecule has 3 aromatic rings. The summed E-state index contributed by atoms with van der Waals surface area (Å²) in [4.78, 5) is 19.2. The van der Waals surface area contributed by atoms with Crippen molar-refractivity contribution in [1.82, 2.24) is 9.97 Å². The van der Waals surface area contributed by atoms with Crippen molar-refractivity contribution in [2.75, 3.05) is 0 Å². The number of hydrogen-bond acceptors (Lipinski definition) is 4. The van der Waals surface area contributed by atoms with E-state index in [2.05, 4.69) is 9.97 Å². The number of aromatic nitrogens is 2. The zero-order valence-corrected chi connectivity index (χ0v) is 12.4. The minimum atomic E-state index is -0.977. The van der Waals surface area contributed by atoms with Gasteiger partial charge in [0.15, 0.2) is 0 Å². The minimum Gasteiger partial charge on any atom is -0.478 e. The van der Waals surface area contributed by atoms with Gasteiger partial charge in [-0.05, 0) is 36.8 Å². The second-order valence-electron chi connectivity index (χ2n) is 5.05. The molecule has 0 radical (unpaired) electrons. The Morgan fingerprint density at radius 1 is 0.913 bits per heavy atom. The second-order valence-corrected chi connectivity index (χ2v) is 5.05. The number of aryl methyl sites for hydroxylation is 1. The van der Waals surface area contributed by atoms with E-state index in [9.17, 15) is 4.79 Å². The maximum atomic E-state index is 10.8. The van der Waals surface area contributed by atoms with Crippen molar-refractivity contribution in [3.8, 4) is 22.9 Å². The van der Waals surface area contributed by atoms with Crippen LogP contribution in [0.4, 0.5) is 0 Å². The molecule has 114 valence electrons. The summed E-state index contributed by atoms with van der Waals surface area (Å²) in [5, 5.41) is 8.86. The van der Waals surface area contributed by atoms with Gasteiger partial charge in [-0.15, -0.1) is 0 Å². The highest BCUT2D eigenvalue weighted by Crippen LogP contribution is 2.22. The van der Waals surface area contributed by atoms with Crippen LogP contribution in [0.1, 0.15) is 15.9 Å². The number of hydrogen-bond donors (Lipinski definition) is 1. The molecule has 0 unspecified atom stereocenters. The van der Waals surface area contributed by atoms with Gasteiger partial charge in [0.25, 0.3) is 0 Å². The van der Waals surface area contributed by atoms with Crippen molar-refractivity contribution in [3.05, 3.63) is 72.1 Å². The van der Waals surface area contributed by atoms with E-state index >= 15 is 0 Å². The van der Waals surface area contributed by atoms with Crippen molar-refractivity contribution in [1.29, 1.82) is 0 Å². The molecule has 0 spiro atoms. The first-order valence-electron chi connectivity index (χ1n) is 7.02. The number of carboxylic acids is 1. The molecular weight excluding hydrogens is 292 g/mol. The van der Waals surface area contributed by atoms with E-state index in [0.717, 1.165) is 11.1 Å². The molecule has 0 aliphatic heterocycles. The molecule has 0 atom stereocenters. The van der Waals surface area contributed by atoms with E-state index < -0.39 is 5.97 Å². The van der Waals surface area contributed by atoms with Crippen LogP contribution < -0.4 is 4.74 Å². The molecule has 5 heteroatoms. The van der Waals surface area contributed by atoms with Crippen LogP contribution in [-0.4, -0.2) is 21.0 Å². The molecule has 3 rings (SSSR count). The highest BCUT2D eigenvalue weighted by atomic mass is 16.5. The third-order valence-corrected chi connectivity index (χ3v) is 3.32. The summed E-state index contributed by atoms with van der Waals surface area (Å²) in [5.74, 6) is -0.492. The smallest absolute Gasteiger partial charge is 0.335 e. The minimum absolute atomic E-state index is 0.202. The van der Waals surface area contributed by atoms with Crippen LogP contribution in [0.5, 0.6) is 11.8 Å². The maximum absolute atomic E-state index is 10.8. The number of nitrogens with zero attached hydrogens (tertiary/aromatic N) is 2. The Morgan fingerprint density at radius 2 is 1.52 bits per heavy atom. The van der Waals surface area contributed by atoms with Gasteiger partial charge < -0.3 is 9.84 Å². The molecule has 0 aliphatic rings. The Hall–Kier alpha value is -3.21. The van der Waals surface area contributed by atoms with Gasteiger partial charge in [0.05, 0.1) is 5.56 Å². The molecule has 1 heterocycles. The van der Waals surface area contributed by atoms with E-state index in [1.54, 1.807) is 24.5 Å². The number of ether oxygens (including phenoxy) is 1. The Labute approximate surface area is 133 Å². The molecule has 0 amide bonds. The van der Waals surface area contributed by atoms with Crippen molar-refractivity contribution in [2.45, 2.75) is 6.92 Å². The summed E-state index contributed by atoms with van der Waals surface area (Å²) >= 11 is 0. The SMILES string of the molecule is Cc1ccc(-c2cnc(Oc3ccc(C(=O)O)cc3)nc2)cc1. The van der Waals surface area contributed by atoms with E-state index in [1.807, 2.05) is 31.2 Å². The molecule has 23 heavy (non-hydrogen) atoms. The van der Waals surface area contributed by atoms with Gasteiger partial charge in [-0.2, -0.15) is 0 Å². The Kier molecular flexibility index (Phi) is 4.01. The zero-order valence-electron chi connectivity index (χ0n) is 12.4. The van der Waals surface area contributed by atoms with Gasteiger partial charge in [-0.25, -0.2) is 14.8 Å². The zero-order chi connectivity index (χ0) is 16.2. The number of aromatic carboxylic acids is 1. The van der Waals surface area contributed by atoms with Gasteiger partial charge in [0.1, 0.15) is 5.75 Å². The van der Waals surface area contributed by atoms with Crippen molar-refractivity contribution in [2.24, 2.45) is 0 Å². The maximum Gasteiger partial charge on any atom is 0.335 e.